The van der Waals surface area contributed by atoms with E-state index >= 15 is 0 Å². The smallest absolute Gasteiger partial charge is 0.311 e. The van der Waals surface area contributed by atoms with Gasteiger partial charge in [0.05, 0.1) is 24.3 Å². The molecule has 16 heavy (non-hydrogen) atoms. The number of carbonyl (C=O) groups excluding carboxylic acids is 2. The van der Waals surface area contributed by atoms with Crippen molar-refractivity contribution >= 4 is 33.4 Å². The van der Waals surface area contributed by atoms with Crippen molar-refractivity contribution in [3.05, 3.63) is 28.5 Å². The predicted octanol–water partition coefficient (Wildman–Crippen LogP) is 2.01. The van der Waals surface area contributed by atoms with Crippen LogP contribution in [-0.4, -0.2) is 23.5 Å². The lowest BCUT2D eigenvalue weighted by Crippen LogP contribution is -2.05. The van der Waals surface area contributed by atoms with Crippen molar-refractivity contribution in [1.82, 2.24) is 4.98 Å². The summed E-state index contributed by atoms with van der Waals surface area (Å²) < 4.78 is 5.35. The summed E-state index contributed by atoms with van der Waals surface area (Å²) in [7, 11) is 0. The minimum atomic E-state index is -0.456. The summed E-state index contributed by atoms with van der Waals surface area (Å²) in [6.45, 7) is 2.00. The molecule has 84 valence electrons. The highest BCUT2D eigenvalue weighted by Gasteiger charge is 2.11. The van der Waals surface area contributed by atoms with Crippen molar-refractivity contribution in [2.45, 2.75) is 13.3 Å². The van der Waals surface area contributed by atoms with Crippen LogP contribution in [0.5, 0.6) is 0 Å². The molecule has 0 bridgehead atoms. The average Bonchev–Trinajstić information content (AvgIpc) is 2.26. The molecule has 0 atom stereocenters. The van der Waals surface area contributed by atoms with Gasteiger partial charge < -0.3 is 4.74 Å². The van der Waals surface area contributed by atoms with Crippen molar-refractivity contribution in [2.24, 2.45) is 0 Å². The van der Waals surface area contributed by atoms with E-state index in [1.54, 1.807) is 31.1 Å². The Morgan fingerprint density at radius 1 is 1.56 bits per heavy atom. The molecule has 1 aromatic rings. The van der Waals surface area contributed by atoms with Gasteiger partial charge in [-0.25, -0.2) is 9.78 Å². The molecular weight excluding hydrogens is 274 g/mol. The van der Waals surface area contributed by atoms with Gasteiger partial charge in [0.25, 0.3) is 0 Å². The number of aromatic nitrogens is 1. The van der Waals surface area contributed by atoms with Crippen LogP contribution >= 0.6 is 15.9 Å². The molecule has 0 saturated heterocycles. The van der Waals surface area contributed by atoms with Gasteiger partial charge in [0.2, 0.25) is 0 Å². The van der Waals surface area contributed by atoms with E-state index in [1.807, 2.05) is 0 Å². The van der Waals surface area contributed by atoms with Gasteiger partial charge in [-0.3, -0.25) is 4.79 Å². The second-order valence-electron chi connectivity index (χ2n) is 2.91. The topological polar surface area (TPSA) is 56.3 Å². The van der Waals surface area contributed by atoms with Crippen LogP contribution in [0.15, 0.2) is 22.8 Å². The van der Waals surface area contributed by atoms with E-state index in [-0.39, 0.29) is 18.6 Å². The van der Waals surface area contributed by atoms with Crippen LogP contribution < -0.4 is 0 Å². The number of rotatable bonds is 4. The minimum Gasteiger partial charge on any atom is -0.466 e. The molecule has 0 amide bonds. The Hall–Kier alpha value is -1.45. The highest BCUT2D eigenvalue weighted by molar-refractivity contribution is 9.10. The van der Waals surface area contributed by atoms with E-state index in [2.05, 4.69) is 20.9 Å². The van der Waals surface area contributed by atoms with Gasteiger partial charge in [-0.2, -0.15) is 0 Å². The SMILES string of the molecule is CCOC(=O)CC(=C=O)c1cccc(Br)n1. The molecule has 4 nitrogen and oxygen atoms in total. The Labute approximate surface area is 101 Å². The molecule has 0 spiro atoms. The third kappa shape index (κ3) is 3.61. The Balaban J connectivity index is 2.84. The second-order valence-corrected chi connectivity index (χ2v) is 3.72. The molecule has 0 saturated carbocycles. The molecule has 0 fully saturated rings. The lowest BCUT2D eigenvalue weighted by atomic mass is 10.1. The second kappa shape index (κ2) is 6.20. The summed E-state index contributed by atoms with van der Waals surface area (Å²) >= 11 is 3.19. The van der Waals surface area contributed by atoms with Crippen molar-refractivity contribution in [3.63, 3.8) is 0 Å². The van der Waals surface area contributed by atoms with E-state index in [1.165, 1.54) is 0 Å². The maximum atomic E-state index is 11.2. The van der Waals surface area contributed by atoms with Gasteiger partial charge in [0, 0.05) is 0 Å². The maximum absolute atomic E-state index is 11.2. The van der Waals surface area contributed by atoms with Crippen LogP contribution in [0.3, 0.4) is 0 Å². The van der Waals surface area contributed by atoms with Gasteiger partial charge >= 0.3 is 5.97 Å². The summed E-state index contributed by atoms with van der Waals surface area (Å²) in [6, 6.07) is 5.11. The molecule has 0 N–H and O–H groups in total. The molecule has 0 aliphatic carbocycles. The fourth-order valence-corrected chi connectivity index (χ4v) is 1.46. The van der Waals surface area contributed by atoms with Gasteiger partial charge in [-0.15, -0.1) is 0 Å². The van der Waals surface area contributed by atoms with Crippen LogP contribution in [0.2, 0.25) is 0 Å². The first-order chi connectivity index (χ1) is 7.67. The van der Waals surface area contributed by atoms with Crippen LogP contribution in [0, 0.1) is 0 Å². The zero-order chi connectivity index (χ0) is 12.0. The quantitative estimate of drug-likeness (QED) is 0.482. The minimum absolute atomic E-state index is 0.110. The van der Waals surface area contributed by atoms with Crippen LogP contribution in [0.4, 0.5) is 0 Å². The van der Waals surface area contributed by atoms with Gasteiger partial charge in [0.15, 0.2) is 0 Å². The monoisotopic (exact) mass is 283 g/mol. The Morgan fingerprint density at radius 3 is 2.88 bits per heavy atom. The van der Waals surface area contributed by atoms with E-state index in [9.17, 15) is 9.59 Å². The fraction of sp³-hybridized carbons (Fsp3) is 0.273. The third-order valence-corrected chi connectivity index (χ3v) is 2.22. The number of carbonyl (C=O) groups is 1. The Kier molecular flexibility index (Phi) is 4.89. The summed E-state index contributed by atoms with van der Waals surface area (Å²) in [5.74, 6) is 1.26. The fourth-order valence-electron chi connectivity index (χ4n) is 1.11. The van der Waals surface area contributed by atoms with E-state index in [4.69, 9.17) is 4.74 Å². The van der Waals surface area contributed by atoms with Crippen LogP contribution in [0.25, 0.3) is 5.57 Å². The summed E-state index contributed by atoms with van der Waals surface area (Å²) in [6.07, 6.45) is -0.110. The number of hydrogen-bond donors (Lipinski definition) is 0. The lowest BCUT2D eigenvalue weighted by molar-refractivity contribution is -0.141. The largest absolute Gasteiger partial charge is 0.466 e. The maximum Gasteiger partial charge on any atom is 0.311 e. The number of hydrogen-bond acceptors (Lipinski definition) is 4. The average molecular weight is 284 g/mol. The summed E-state index contributed by atoms with van der Waals surface area (Å²) in [5.41, 5.74) is 0.622. The van der Waals surface area contributed by atoms with Crippen molar-refractivity contribution in [2.75, 3.05) is 6.61 Å². The van der Waals surface area contributed by atoms with Gasteiger partial charge in [-0.05, 0) is 35.0 Å². The van der Waals surface area contributed by atoms with Crippen molar-refractivity contribution in [3.8, 4) is 0 Å². The number of pyridine rings is 1. The molecule has 1 heterocycles. The van der Waals surface area contributed by atoms with Crippen LogP contribution in [0.1, 0.15) is 19.0 Å². The molecular formula is C11H10BrNO3. The molecule has 0 aromatic carbocycles. The zero-order valence-electron chi connectivity index (χ0n) is 8.70. The molecule has 0 aliphatic heterocycles. The van der Waals surface area contributed by atoms with Gasteiger partial charge in [0.1, 0.15) is 10.5 Å². The molecule has 0 unspecified atom stereocenters. The molecule has 0 radical (unpaired) electrons. The molecule has 5 heteroatoms. The summed E-state index contributed by atoms with van der Waals surface area (Å²) in [5, 5.41) is 0. The number of esters is 1. The van der Waals surface area contributed by atoms with E-state index in [0.29, 0.717) is 10.3 Å². The van der Waals surface area contributed by atoms with E-state index in [0.717, 1.165) is 0 Å². The molecule has 1 rings (SSSR count). The highest BCUT2D eigenvalue weighted by atomic mass is 79.9. The lowest BCUT2D eigenvalue weighted by Gasteiger charge is -2.03. The first-order valence-electron chi connectivity index (χ1n) is 4.70. The van der Waals surface area contributed by atoms with E-state index < -0.39 is 5.97 Å². The standard InChI is InChI=1S/C11H10BrNO3/c1-2-16-11(15)6-8(7-14)9-4-3-5-10(12)13-9/h3-5H,2,6H2,1H3. The van der Waals surface area contributed by atoms with Crippen molar-refractivity contribution < 1.29 is 14.3 Å². The van der Waals surface area contributed by atoms with Crippen LogP contribution in [-0.2, 0) is 14.3 Å². The molecule has 1 aromatic heterocycles. The highest BCUT2D eigenvalue weighted by Crippen LogP contribution is 2.16. The normalized spacial score (nSPS) is 9.38. The Bertz CT molecular complexity index is 439. The molecule has 0 aliphatic rings. The first kappa shape index (κ1) is 12.6. The summed E-state index contributed by atoms with van der Waals surface area (Å²) in [4.78, 5) is 26.0. The number of ether oxygens (including phenoxy) is 1. The number of halogens is 1. The zero-order valence-corrected chi connectivity index (χ0v) is 10.3. The predicted molar refractivity (Wildman–Crippen MR) is 62.3 cm³/mol. The first-order valence-corrected chi connectivity index (χ1v) is 5.49. The van der Waals surface area contributed by atoms with Gasteiger partial charge in [-0.1, -0.05) is 6.07 Å². The van der Waals surface area contributed by atoms with Crippen molar-refractivity contribution in [1.29, 1.82) is 0 Å². The third-order valence-electron chi connectivity index (χ3n) is 1.77. The number of nitrogens with zero attached hydrogens (tertiary/aromatic N) is 1. The Morgan fingerprint density at radius 2 is 2.31 bits per heavy atom.